The van der Waals surface area contributed by atoms with Crippen molar-refractivity contribution in [1.29, 1.82) is 0 Å². The van der Waals surface area contributed by atoms with Crippen molar-refractivity contribution in [3.63, 3.8) is 0 Å². The molecule has 1 aliphatic heterocycles. The van der Waals surface area contributed by atoms with E-state index in [0.717, 1.165) is 25.7 Å². The number of rotatable bonds is 3. The number of nitrogens with zero attached hydrogens (tertiary/aromatic N) is 2. The van der Waals surface area contributed by atoms with Crippen LogP contribution in [-0.2, 0) is 10.2 Å². The third-order valence-electron chi connectivity index (χ3n) is 2.88. The highest BCUT2D eigenvalue weighted by Gasteiger charge is 2.22. The first-order chi connectivity index (χ1) is 8.58. The van der Waals surface area contributed by atoms with E-state index in [2.05, 4.69) is 9.71 Å². The molecule has 100 valence electrons. The van der Waals surface area contributed by atoms with E-state index in [9.17, 15) is 8.42 Å². The van der Waals surface area contributed by atoms with Gasteiger partial charge in [-0.05, 0) is 25.0 Å². The second-order valence-corrected chi connectivity index (χ2v) is 6.35. The predicted octanol–water partition coefficient (Wildman–Crippen LogP) is 2.27. The Bertz CT molecular complexity index is 499. The van der Waals surface area contributed by atoms with Gasteiger partial charge in [0, 0.05) is 19.3 Å². The normalized spacial score (nSPS) is 18.3. The number of halogens is 1. The summed E-state index contributed by atoms with van der Waals surface area (Å²) in [6, 6.07) is 3.08. The molecule has 0 amide bonds. The lowest BCUT2D eigenvalue weighted by Gasteiger charge is -2.20. The first-order valence-electron chi connectivity index (χ1n) is 5.97. The molecule has 0 atom stereocenters. The van der Waals surface area contributed by atoms with Crippen molar-refractivity contribution in [1.82, 2.24) is 9.29 Å². The van der Waals surface area contributed by atoms with Crippen LogP contribution < -0.4 is 4.72 Å². The van der Waals surface area contributed by atoms with Crippen LogP contribution in [0, 0.1) is 0 Å². The fourth-order valence-corrected chi connectivity index (χ4v) is 3.43. The molecule has 1 N–H and O–H groups in total. The summed E-state index contributed by atoms with van der Waals surface area (Å²) in [5, 5.41) is 0.270. The summed E-state index contributed by atoms with van der Waals surface area (Å²) in [6.07, 6.45) is 5.48. The van der Waals surface area contributed by atoms with Crippen molar-refractivity contribution in [2.75, 3.05) is 17.8 Å². The minimum absolute atomic E-state index is 0.270. The molecule has 0 radical (unpaired) electrons. The number of aromatic nitrogens is 1. The Balaban J connectivity index is 2.10. The third-order valence-corrected chi connectivity index (χ3v) is 4.62. The molecular formula is C11H16ClN3O2S. The molecule has 1 aromatic rings. The first-order valence-corrected chi connectivity index (χ1v) is 7.79. The number of anilines is 1. The fourth-order valence-electron chi connectivity index (χ4n) is 1.96. The summed E-state index contributed by atoms with van der Waals surface area (Å²) in [4.78, 5) is 3.81. The molecule has 1 fully saturated rings. The SMILES string of the molecule is O=S(=O)(Nc1ccnc(Cl)c1)N1CCCCCC1. The second kappa shape index (κ2) is 5.86. The molecule has 5 nitrogen and oxygen atoms in total. The van der Waals surface area contributed by atoms with Gasteiger partial charge in [0.1, 0.15) is 5.15 Å². The van der Waals surface area contributed by atoms with E-state index in [4.69, 9.17) is 11.6 Å². The van der Waals surface area contributed by atoms with E-state index in [-0.39, 0.29) is 5.15 Å². The van der Waals surface area contributed by atoms with Gasteiger partial charge < -0.3 is 0 Å². The zero-order valence-corrected chi connectivity index (χ0v) is 11.5. The molecule has 0 bridgehead atoms. The lowest BCUT2D eigenvalue weighted by atomic mass is 10.2. The van der Waals surface area contributed by atoms with Gasteiger partial charge in [-0.3, -0.25) is 4.72 Å². The van der Waals surface area contributed by atoms with Gasteiger partial charge >= 0.3 is 10.2 Å². The molecule has 0 saturated carbocycles. The highest BCUT2D eigenvalue weighted by atomic mass is 35.5. The summed E-state index contributed by atoms with van der Waals surface area (Å²) >= 11 is 5.73. The highest BCUT2D eigenvalue weighted by Crippen LogP contribution is 2.18. The average molecular weight is 290 g/mol. The molecule has 0 aliphatic carbocycles. The molecule has 2 heterocycles. The standard InChI is InChI=1S/C11H16ClN3O2S/c12-11-9-10(5-6-13-11)14-18(16,17)15-7-3-1-2-4-8-15/h5-6,9H,1-4,7-8H2,(H,13,14). The number of hydrogen-bond acceptors (Lipinski definition) is 3. The molecule has 0 spiro atoms. The van der Waals surface area contributed by atoms with Gasteiger partial charge in [0.2, 0.25) is 0 Å². The minimum atomic E-state index is -3.48. The van der Waals surface area contributed by atoms with E-state index in [0.29, 0.717) is 18.8 Å². The molecule has 7 heteroatoms. The molecule has 18 heavy (non-hydrogen) atoms. The van der Waals surface area contributed by atoms with Gasteiger partial charge in [-0.25, -0.2) is 4.98 Å². The maximum absolute atomic E-state index is 12.2. The van der Waals surface area contributed by atoms with Gasteiger partial charge in [0.15, 0.2) is 0 Å². The third kappa shape index (κ3) is 3.57. The summed E-state index contributed by atoms with van der Waals surface area (Å²) in [7, 11) is -3.48. The van der Waals surface area contributed by atoms with Crippen LogP contribution in [0.25, 0.3) is 0 Å². The Hall–Kier alpha value is -0.850. The molecule has 1 saturated heterocycles. The maximum atomic E-state index is 12.2. The van der Waals surface area contributed by atoms with Crippen LogP contribution in [0.2, 0.25) is 5.15 Å². The summed E-state index contributed by atoms with van der Waals surface area (Å²) in [6.45, 7) is 1.16. The van der Waals surface area contributed by atoms with Gasteiger partial charge in [0.05, 0.1) is 5.69 Å². The van der Waals surface area contributed by atoms with E-state index in [1.54, 1.807) is 6.07 Å². The van der Waals surface area contributed by atoms with Gasteiger partial charge in [0.25, 0.3) is 0 Å². The van der Waals surface area contributed by atoms with Crippen LogP contribution in [0.15, 0.2) is 18.3 Å². The first kappa shape index (κ1) is 13.6. The molecule has 0 unspecified atom stereocenters. The van der Waals surface area contributed by atoms with Crippen molar-refractivity contribution >= 4 is 27.5 Å². The van der Waals surface area contributed by atoms with Crippen molar-refractivity contribution in [2.45, 2.75) is 25.7 Å². The smallest absolute Gasteiger partial charge is 0.271 e. The van der Waals surface area contributed by atoms with Gasteiger partial charge in [-0.15, -0.1) is 0 Å². The summed E-state index contributed by atoms with van der Waals surface area (Å²) in [5.41, 5.74) is 0.444. The maximum Gasteiger partial charge on any atom is 0.301 e. The number of nitrogens with one attached hydrogen (secondary N) is 1. The number of hydrogen-bond donors (Lipinski definition) is 1. The van der Waals surface area contributed by atoms with Crippen molar-refractivity contribution < 1.29 is 8.42 Å². The Labute approximate surface area is 112 Å². The predicted molar refractivity (Wildman–Crippen MR) is 71.8 cm³/mol. The van der Waals surface area contributed by atoms with Gasteiger partial charge in [-0.1, -0.05) is 24.4 Å². The minimum Gasteiger partial charge on any atom is -0.271 e. The Morgan fingerprint density at radius 3 is 2.50 bits per heavy atom. The molecule has 1 aromatic heterocycles. The topological polar surface area (TPSA) is 62.3 Å². The lowest BCUT2D eigenvalue weighted by Crippen LogP contribution is -2.36. The van der Waals surface area contributed by atoms with Crippen LogP contribution in [0.1, 0.15) is 25.7 Å². The van der Waals surface area contributed by atoms with Crippen molar-refractivity contribution in [3.05, 3.63) is 23.5 Å². The van der Waals surface area contributed by atoms with Crippen LogP contribution in [-0.4, -0.2) is 30.8 Å². The largest absolute Gasteiger partial charge is 0.301 e. The monoisotopic (exact) mass is 289 g/mol. The Morgan fingerprint density at radius 2 is 1.89 bits per heavy atom. The second-order valence-electron chi connectivity index (χ2n) is 4.29. The van der Waals surface area contributed by atoms with E-state index >= 15 is 0 Å². The van der Waals surface area contributed by atoms with Crippen LogP contribution in [0.5, 0.6) is 0 Å². The molecular weight excluding hydrogens is 274 g/mol. The van der Waals surface area contributed by atoms with Crippen molar-refractivity contribution in [2.24, 2.45) is 0 Å². The van der Waals surface area contributed by atoms with Crippen LogP contribution in [0.3, 0.4) is 0 Å². The quantitative estimate of drug-likeness (QED) is 0.868. The van der Waals surface area contributed by atoms with E-state index < -0.39 is 10.2 Å². The highest BCUT2D eigenvalue weighted by molar-refractivity contribution is 7.90. The Kier molecular flexibility index (Phi) is 4.42. The lowest BCUT2D eigenvalue weighted by molar-refractivity contribution is 0.427. The van der Waals surface area contributed by atoms with Crippen LogP contribution in [0.4, 0.5) is 5.69 Å². The van der Waals surface area contributed by atoms with E-state index in [1.807, 2.05) is 0 Å². The molecule has 1 aliphatic rings. The number of pyridine rings is 1. The van der Waals surface area contributed by atoms with Crippen LogP contribution >= 0.6 is 11.6 Å². The zero-order valence-electron chi connectivity index (χ0n) is 9.97. The summed E-state index contributed by atoms with van der Waals surface area (Å²) < 4.78 is 28.4. The van der Waals surface area contributed by atoms with E-state index in [1.165, 1.54) is 16.6 Å². The fraction of sp³-hybridized carbons (Fsp3) is 0.545. The summed E-state index contributed by atoms with van der Waals surface area (Å²) in [5.74, 6) is 0. The van der Waals surface area contributed by atoms with Gasteiger partial charge in [-0.2, -0.15) is 12.7 Å². The molecule has 0 aromatic carbocycles. The Morgan fingerprint density at radius 1 is 1.22 bits per heavy atom. The zero-order chi connectivity index (χ0) is 13.0. The van der Waals surface area contributed by atoms with Crippen molar-refractivity contribution in [3.8, 4) is 0 Å². The molecule has 2 rings (SSSR count). The average Bonchev–Trinajstić information content (AvgIpc) is 2.57.